The summed E-state index contributed by atoms with van der Waals surface area (Å²) in [5, 5.41) is 19.7. The van der Waals surface area contributed by atoms with Crippen LogP contribution in [0.4, 0.5) is 5.69 Å². The van der Waals surface area contributed by atoms with E-state index in [2.05, 4.69) is 16.0 Å². The van der Waals surface area contributed by atoms with Crippen LogP contribution in [0.5, 0.6) is 0 Å². The van der Waals surface area contributed by atoms with Crippen LogP contribution in [0.2, 0.25) is 0 Å². The third-order valence-electron chi connectivity index (χ3n) is 7.09. The number of hydrogen-bond donors (Lipinski definition) is 3. The number of hydrogen-bond acceptors (Lipinski definition) is 9. The number of imide groups is 1. The van der Waals surface area contributed by atoms with E-state index in [0.717, 1.165) is 22.6 Å². The summed E-state index contributed by atoms with van der Waals surface area (Å²) in [6, 6.07) is 9.72. The van der Waals surface area contributed by atoms with Gasteiger partial charge in [0, 0.05) is 32.1 Å². The number of benzene rings is 2. The van der Waals surface area contributed by atoms with E-state index in [1.165, 1.54) is 13.1 Å². The molecule has 0 saturated heterocycles. The zero-order chi connectivity index (χ0) is 33.5. The zero-order valence-corrected chi connectivity index (χ0v) is 26.4. The van der Waals surface area contributed by atoms with E-state index in [4.69, 9.17) is 4.74 Å². The predicted molar refractivity (Wildman–Crippen MR) is 165 cm³/mol. The molecular weight excluding hydrogens is 582 g/mol. The van der Waals surface area contributed by atoms with Gasteiger partial charge in [0.05, 0.1) is 22.1 Å². The SMILES string of the molecule is CNC(=O)[C@H](Cc1ccccc1)NC(=O)[C@H](CC(C)C)N[C@H](CCN1C(=O)c2ccc([N+](=O)[O-])cc2C1=O)C(=O)OC(C)(C)C. The van der Waals surface area contributed by atoms with E-state index < -0.39 is 52.3 Å². The summed E-state index contributed by atoms with van der Waals surface area (Å²) in [4.78, 5) is 77.3. The molecule has 0 bridgehead atoms. The van der Waals surface area contributed by atoms with Gasteiger partial charge in [-0.1, -0.05) is 44.2 Å². The van der Waals surface area contributed by atoms with Crippen LogP contribution >= 0.6 is 0 Å². The Labute approximate surface area is 262 Å². The maximum absolute atomic E-state index is 13.7. The minimum Gasteiger partial charge on any atom is -0.459 e. The molecule has 0 aromatic heterocycles. The Balaban J connectivity index is 1.83. The molecule has 3 rings (SSSR count). The molecule has 4 amide bonds. The van der Waals surface area contributed by atoms with E-state index in [1.54, 1.807) is 20.8 Å². The maximum Gasteiger partial charge on any atom is 0.323 e. The minimum absolute atomic E-state index is 0.00661. The highest BCUT2D eigenvalue weighted by Crippen LogP contribution is 2.27. The number of nitro groups is 1. The Bertz CT molecular complexity index is 1440. The molecule has 0 aliphatic carbocycles. The number of nitro benzene ring substituents is 1. The number of esters is 1. The van der Waals surface area contributed by atoms with Gasteiger partial charge in [-0.25, -0.2) is 0 Å². The summed E-state index contributed by atoms with van der Waals surface area (Å²) < 4.78 is 5.61. The molecule has 45 heavy (non-hydrogen) atoms. The van der Waals surface area contributed by atoms with E-state index in [9.17, 15) is 34.1 Å². The lowest BCUT2D eigenvalue weighted by Gasteiger charge is -2.30. The van der Waals surface area contributed by atoms with Crippen molar-refractivity contribution in [2.45, 2.75) is 77.6 Å². The molecule has 0 radical (unpaired) electrons. The topological polar surface area (TPSA) is 177 Å². The number of carbonyl (C=O) groups is 5. The van der Waals surface area contributed by atoms with Crippen LogP contribution in [-0.2, 0) is 25.5 Å². The highest BCUT2D eigenvalue weighted by Gasteiger charge is 2.39. The average Bonchev–Trinajstić information content (AvgIpc) is 3.21. The summed E-state index contributed by atoms with van der Waals surface area (Å²) in [5.74, 6) is -2.93. The van der Waals surface area contributed by atoms with Crippen molar-refractivity contribution < 1.29 is 33.6 Å². The Kier molecular flexibility index (Phi) is 11.5. The van der Waals surface area contributed by atoms with Crippen molar-refractivity contribution in [2.75, 3.05) is 13.6 Å². The van der Waals surface area contributed by atoms with Gasteiger partial charge in [-0.3, -0.25) is 44.3 Å². The molecule has 0 spiro atoms. The highest BCUT2D eigenvalue weighted by molar-refractivity contribution is 6.21. The summed E-state index contributed by atoms with van der Waals surface area (Å²) in [7, 11) is 1.48. The molecule has 3 N–H and O–H groups in total. The maximum atomic E-state index is 13.7. The molecule has 2 aromatic rings. The molecule has 13 heteroatoms. The fourth-order valence-electron chi connectivity index (χ4n) is 4.97. The largest absolute Gasteiger partial charge is 0.459 e. The van der Waals surface area contributed by atoms with Gasteiger partial charge in [-0.15, -0.1) is 0 Å². The van der Waals surface area contributed by atoms with Gasteiger partial charge in [0.2, 0.25) is 11.8 Å². The zero-order valence-electron chi connectivity index (χ0n) is 26.4. The van der Waals surface area contributed by atoms with Gasteiger partial charge in [0.25, 0.3) is 17.5 Å². The number of fused-ring (bicyclic) bond motifs is 1. The lowest BCUT2D eigenvalue weighted by molar-refractivity contribution is -0.384. The van der Waals surface area contributed by atoms with Crippen molar-refractivity contribution in [2.24, 2.45) is 5.92 Å². The number of amides is 4. The van der Waals surface area contributed by atoms with Gasteiger partial charge in [0.1, 0.15) is 17.7 Å². The summed E-state index contributed by atoms with van der Waals surface area (Å²) in [6.07, 6.45) is 0.439. The first-order valence-electron chi connectivity index (χ1n) is 14.8. The number of non-ortho nitro benzene ring substituents is 1. The fourth-order valence-corrected chi connectivity index (χ4v) is 4.97. The second-order valence-electron chi connectivity index (χ2n) is 12.3. The molecule has 1 aliphatic rings. The fraction of sp³-hybridized carbons (Fsp3) is 0.469. The number of rotatable bonds is 14. The summed E-state index contributed by atoms with van der Waals surface area (Å²) >= 11 is 0. The highest BCUT2D eigenvalue weighted by atomic mass is 16.6. The minimum atomic E-state index is -1.12. The standard InChI is InChI=1S/C32H41N5O8/c1-19(2)16-25(28(39)35-26(27(38)33-6)17-20-10-8-7-9-11-20)34-24(31(42)45-32(3,4)5)14-15-36-29(40)22-13-12-21(37(43)44)18-23(22)30(36)41/h7-13,18-19,24-26,34H,14-17H2,1-6H3,(H,33,38)(H,35,39)/t24-,25+,26+/m1/s1. The molecule has 0 unspecified atom stereocenters. The number of likely N-dealkylation sites (N-methyl/N-ethyl adjacent to an activating group) is 1. The number of nitrogens with one attached hydrogen (secondary N) is 3. The van der Waals surface area contributed by atoms with Crippen molar-refractivity contribution in [3.05, 3.63) is 75.3 Å². The Morgan fingerprint density at radius 2 is 1.58 bits per heavy atom. The first kappa shape index (κ1) is 34.8. The van der Waals surface area contributed by atoms with Crippen LogP contribution in [0.3, 0.4) is 0 Å². The summed E-state index contributed by atoms with van der Waals surface area (Å²) in [5.41, 5.74) is -0.413. The van der Waals surface area contributed by atoms with Crippen LogP contribution in [0, 0.1) is 16.0 Å². The van der Waals surface area contributed by atoms with Gasteiger partial charge in [0.15, 0.2) is 0 Å². The van der Waals surface area contributed by atoms with E-state index in [0.29, 0.717) is 6.42 Å². The normalized spacial score (nSPS) is 14.9. The van der Waals surface area contributed by atoms with Crippen LogP contribution in [-0.4, -0.2) is 76.7 Å². The monoisotopic (exact) mass is 623 g/mol. The molecule has 13 nitrogen and oxygen atoms in total. The lowest BCUT2D eigenvalue weighted by atomic mass is 9.99. The molecule has 1 heterocycles. The third-order valence-corrected chi connectivity index (χ3v) is 7.09. The van der Waals surface area contributed by atoms with Crippen LogP contribution < -0.4 is 16.0 Å². The number of carbonyl (C=O) groups excluding carboxylic acids is 5. The van der Waals surface area contributed by atoms with Crippen LogP contribution in [0.1, 0.15) is 73.7 Å². The van der Waals surface area contributed by atoms with Gasteiger partial charge in [-0.05, 0) is 51.2 Å². The average molecular weight is 624 g/mol. The second kappa shape index (κ2) is 14.9. The van der Waals surface area contributed by atoms with E-state index in [1.807, 2.05) is 44.2 Å². The lowest BCUT2D eigenvalue weighted by Crippen LogP contribution is -2.57. The first-order chi connectivity index (χ1) is 21.1. The Morgan fingerprint density at radius 1 is 0.933 bits per heavy atom. The van der Waals surface area contributed by atoms with Crippen LogP contribution in [0.15, 0.2) is 48.5 Å². The van der Waals surface area contributed by atoms with Gasteiger partial charge in [-0.2, -0.15) is 0 Å². The molecular formula is C32H41N5O8. The molecule has 0 saturated carbocycles. The molecule has 3 atom stereocenters. The first-order valence-corrected chi connectivity index (χ1v) is 14.8. The smallest absolute Gasteiger partial charge is 0.323 e. The molecule has 1 aliphatic heterocycles. The number of nitrogens with zero attached hydrogens (tertiary/aromatic N) is 2. The second-order valence-corrected chi connectivity index (χ2v) is 12.3. The molecule has 242 valence electrons. The van der Waals surface area contributed by atoms with Gasteiger partial charge >= 0.3 is 5.97 Å². The Hall–Kier alpha value is -4.65. The van der Waals surface area contributed by atoms with E-state index in [-0.39, 0.29) is 48.0 Å². The molecule has 2 aromatic carbocycles. The van der Waals surface area contributed by atoms with Crippen molar-refractivity contribution in [3.63, 3.8) is 0 Å². The van der Waals surface area contributed by atoms with Crippen molar-refractivity contribution >= 4 is 35.3 Å². The van der Waals surface area contributed by atoms with Crippen LogP contribution in [0.25, 0.3) is 0 Å². The number of ether oxygens (including phenoxy) is 1. The van der Waals surface area contributed by atoms with Crippen molar-refractivity contribution in [1.29, 1.82) is 0 Å². The predicted octanol–water partition coefficient (Wildman–Crippen LogP) is 2.77. The van der Waals surface area contributed by atoms with Gasteiger partial charge < -0.3 is 15.4 Å². The van der Waals surface area contributed by atoms with E-state index >= 15 is 0 Å². The quantitative estimate of drug-likeness (QED) is 0.124. The van der Waals surface area contributed by atoms with Crippen molar-refractivity contribution in [1.82, 2.24) is 20.9 Å². The Morgan fingerprint density at radius 3 is 2.16 bits per heavy atom. The van der Waals surface area contributed by atoms with Crippen molar-refractivity contribution in [3.8, 4) is 0 Å². The molecule has 0 fully saturated rings. The summed E-state index contributed by atoms with van der Waals surface area (Å²) in [6.45, 7) is 8.66. The third kappa shape index (κ3) is 9.42.